The topological polar surface area (TPSA) is 67.3 Å². The Hall–Kier alpha value is -1.34. The number of carboxylic acids is 1. The second kappa shape index (κ2) is 7.09. The summed E-state index contributed by atoms with van der Waals surface area (Å²) in [7, 11) is 4.11. The number of piperazine rings is 1. The summed E-state index contributed by atoms with van der Waals surface area (Å²) >= 11 is 0. The first-order valence-corrected chi connectivity index (χ1v) is 7.64. The zero-order valence-electron chi connectivity index (χ0n) is 13.0. The normalized spacial score (nSPS) is 23.9. The Bertz CT molecular complexity index is 380. The van der Waals surface area contributed by atoms with Crippen molar-refractivity contribution >= 4 is 12.0 Å². The molecule has 21 heavy (non-hydrogen) atoms. The molecule has 1 atom stereocenters. The minimum absolute atomic E-state index is 0.104. The molecule has 2 rings (SSSR count). The molecule has 2 heterocycles. The molecule has 0 aromatic heterocycles. The number of amides is 2. The summed E-state index contributed by atoms with van der Waals surface area (Å²) in [6, 6.07) is -0.739. The van der Waals surface area contributed by atoms with Gasteiger partial charge in [-0.25, -0.2) is 9.59 Å². The van der Waals surface area contributed by atoms with Crippen LogP contribution >= 0.6 is 0 Å². The number of hydrogen-bond donors (Lipinski definition) is 1. The lowest BCUT2D eigenvalue weighted by Crippen LogP contribution is -2.55. The van der Waals surface area contributed by atoms with E-state index in [0.29, 0.717) is 26.1 Å². The molecule has 2 amide bonds. The number of hydrogen-bond acceptors (Lipinski definition) is 4. The number of urea groups is 1. The van der Waals surface area contributed by atoms with Crippen LogP contribution in [0, 0.1) is 0 Å². The van der Waals surface area contributed by atoms with E-state index < -0.39 is 12.0 Å². The van der Waals surface area contributed by atoms with Crippen molar-refractivity contribution in [2.75, 3.05) is 59.9 Å². The van der Waals surface area contributed by atoms with Crippen LogP contribution in [0.1, 0.15) is 12.8 Å². The van der Waals surface area contributed by atoms with Crippen LogP contribution in [0.2, 0.25) is 0 Å². The number of carbonyl (C=O) groups is 2. The number of likely N-dealkylation sites (tertiary alicyclic amines) is 1. The predicted octanol–water partition coefficient (Wildman–Crippen LogP) is -0.165. The summed E-state index contributed by atoms with van der Waals surface area (Å²) < 4.78 is 0. The minimum Gasteiger partial charge on any atom is -0.480 e. The van der Waals surface area contributed by atoms with Gasteiger partial charge in [0.25, 0.3) is 0 Å². The molecule has 7 heteroatoms. The molecule has 1 N–H and O–H groups in total. The van der Waals surface area contributed by atoms with Gasteiger partial charge in [0.05, 0.1) is 0 Å². The quantitative estimate of drug-likeness (QED) is 0.781. The van der Waals surface area contributed by atoms with Gasteiger partial charge in [0.2, 0.25) is 0 Å². The third kappa shape index (κ3) is 4.07. The molecule has 0 spiro atoms. The van der Waals surface area contributed by atoms with Gasteiger partial charge in [-0.2, -0.15) is 0 Å². The van der Waals surface area contributed by atoms with Crippen molar-refractivity contribution < 1.29 is 14.7 Å². The number of rotatable bonds is 4. The maximum Gasteiger partial charge on any atom is 0.326 e. The zero-order chi connectivity index (χ0) is 15.4. The molecule has 0 aromatic rings. The summed E-state index contributed by atoms with van der Waals surface area (Å²) in [5.74, 6) is -0.884. The van der Waals surface area contributed by atoms with Crippen LogP contribution in [-0.2, 0) is 4.79 Å². The van der Waals surface area contributed by atoms with Crippen LogP contribution in [0.3, 0.4) is 0 Å². The van der Waals surface area contributed by atoms with Gasteiger partial charge < -0.3 is 19.8 Å². The van der Waals surface area contributed by atoms with Gasteiger partial charge in [-0.3, -0.25) is 4.90 Å². The van der Waals surface area contributed by atoms with Gasteiger partial charge in [-0.15, -0.1) is 0 Å². The van der Waals surface area contributed by atoms with Crippen molar-refractivity contribution in [2.45, 2.75) is 18.9 Å². The number of aliphatic carboxylic acids is 1. The van der Waals surface area contributed by atoms with E-state index in [4.69, 9.17) is 5.11 Å². The third-order valence-corrected chi connectivity index (χ3v) is 4.29. The predicted molar refractivity (Wildman–Crippen MR) is 79.3 cm³/mol. The molecule has 0 bridgehead atoms. The number of likely N-dealkylation sites (N-methyl/N-ethyl adjacent to an activating group) is 1. The first-order chi connectivity index (χ1) is 9.99. The largest absolute Gasteiger partial charge is 0.480 e. The van der Waals surface area contributed by atoms with Gasteiger partial charge in [0.1, 0.15) is 6.04 Å². The van der Waals surface area contributed by atoms with E-state index >= 15 is 0 Å². The molecule has 0 saturated carbocycles. The summed E-state index contributed by atoms with van der Waals surface area (Å²) in [6.45, 7) is 5.70. The molecule has 2 aliphatic heterocycles. The molecule has 120 valence electrons. The van der Waals surface area contributed by atoms with Gasteiger partial charge in [0.15, 0.2) is 0 Å². The summed E-state index contributed by atoms with van der Waals surface area (Å²) in [6.07, 6.45) is 1.36. The van der Waals surface area contributed by atoms with Crippen LogP contribution in [0.15, 0.2) is 0 Å². The van der Waals surface area contributed by atoms with Crippen LogP contribution in [0.5, 0.6) is 0 Å². The van der Waals surface area contributed by atoms with Crippen LogP contribution in [0.25, 0.3) is 0 Å². The van der Waals surface area contributed by atoms with Crippen LogP contribution in [0.4, 0.5) is 4.79 Å². The fraction of sp³-hybridized carbons (Fsp3) is 0.857. The van der Waals surface area contributed by atoms with E-state index in [1.165, 1.54) is 4.90 Å². The van der Waals surface area contributed by atoms with Gasteiger partial charge in [0, 0.05) is 45.8 Å². The maximum absolute atomic E-state index is 12.4. The molecule has 0 unspecified atom stereocenters. The second-order valence-electron chi connectivity index (χ2n) is 6.10. The lowest BCUT2D eigenvalue weighted by atomic mass is 10.2. The Balaban J connectivity index is 1.81. The molecule has 2 saturated heterocycles. The van der Waals surface area contributed by atoms with Crippen molar-refractivity contribution in [3.05, 3.63) is 0 Å². The SMILES string of the molecule is CN(C)CCN1CCN(C(=O)N2CCC[C@H]2C(=O)O)CC1. The van der Waals surface area contributed by atoms with E-state index in [0.717, 1.165) is 32.6 Å². The Morgan fingerprint density at radius 3 is 2.38 bits per heavy atom. The highest BCUT2D eigenvalue weighted by Crippen LogP contribution is 2.20. The lowest BCUT2D eigenvalue weighted by molar-refractivity contribution is -0.141. The number of carbonyl (C=O) groups excluding carboxylic acids is 1. The molecule has 2 aliphatic rings. The number of nitrogens with zero attached hydrogens (tertiary/aromatic N) is 4. The first kappa shape index (κ1) is 16.0. The van der Waals surface area contributed by atoms with Crippen molar-refractivity contribution in [2.24, 2.45) is 0 Å². The Morgan fingerprint density at radius 2 is 1.81 bits per heavy atom. The van der Waals surface area contributed by atoms with Crippen LogP contribution in [-0.4, -0.2) is 103 Å². The van der Waals surface area contributed by atoms with Gasteiger partial charge in [-0.1, -0.05) is 0 Å². The number of carboxylic acid groups (broad SMARTS) is 1. The van der Waals surface area contributed by atoms with Crippen molar-refractivity contribution in [3.63, 3.8) is 0 Å². The fourth-order valence-corrected chi connectivity index (χ4v) is 2.94. The van der Waals surface area contributed by atoms with E-state index in [1.54, 1.807) is 4.90 Å². The minimum atomic E-state index is -0.884. The summed E-state index contributed by atoms with van der Waals surface area (Å²) in [5, 5.41) is 9.17. The van der Waals surface area contributed by atoms with Crippen molar-refractivity contribution in [1.82, 2.24) is 19.6 Å². The molecule has 0 aliphatic carbocycles. The highest BCUT2D eigenvalue weighted by molar-refractivity contribution is 5.83. The maximum atomic E-state index is 12.4. The van der Waals surface area contributed by atoms with Gasteiger partial charge >= 0.3 is 12.0 Å². The Morgan fingerprint density at radius 1 is 1.14 bits per heavy atom. The van der Waals surface area contributed by atoms with E-state index in [1.807, 2.05) is 0 Å². The molecular formula is C14H26N4O3. The molecule has 2 fully saturated rings. The monoisotopic (exact) mass is 298 g/mol. The van der Waals surface area contributed by atoms with Crippen molar-refractivity contribution in [1.29, 1.82) is 0 Å². The Labute approximate surface area is 126 Å². The van der Waals surface area contributed by atoms with Crippen LogP contribution < -0.4 is 0 Å². The average molecular weight is 298 g/mol. The smallest absolute Gasteiger partial charge is 0.326 e. The summed E-state index contributed by atoms with van der Waals surface area (Å²) in [4.78, 5) is 31.5. The lowest BCUT2D eigenvalue weighted by Gasteiger charge is -2.37. The van der Waals surface area contributed by atoms with E-state index in [2.05, 4.69) is 23.9 Å². The molecular weight excluding hydrogens is 272 g/mol. The fourth-order valence-electron chi connectivity index (χ4n) is 2.94. The first-order valence-electron chi connectivity index (χ1n) is 7.64. The van der Waals surface area contributed by atoms with Crippen molar-refractivity contribution in [3.8, 4) is 0 Å². The molecule has 0 radical (unpaired) electrons. The van der Waals surface area contributed by atoms with Gasteiger partial charge in [-0.05, 0) is 26.9 Å². The standard InChI is InChI=1S/C14H26N4O3/c1-15(2)6-7-16-8-10-17(11-9-16)14(21)18-5-3-4-12(18)13(19)20/h12H,3-11H2,1-2H3,(H,19,20)/t12-/m0/s1. The zero-order valence-corrected chi connectivity index (χ0v) is 13.0. The average Bonchev–Trinajstić information content (AvgIpc) is 2.94. The highest BCUT2D eigenvalue weighted by Gasteiger charge is 2.36. The molecule has 7 nitrogen and oxygen atoms in total. The van der Waals surface area contributed by atoms with E-state index in [9.17, 15) is 9.59 Å². The Kier molecular flexibility index (Phi) is 5.41. The second-order valence-corrected chi connectivity index (χ2v) is 6.10. The summed E-state index contributed by atoms with van der Waals surface area (Å²) in [5.41, 5.74) is 0. The van der Waals surface area contributed by atoms with E-state index in [-0.39, 0.29) is 6.03 Å². The molecule has 0 aromatic carbocycles. The highest BCUT2D eigenvalue weighted by atomic mass is 16.4. The third-order valence-electron chi connectivity index (χ3n) is 4.29.